The summed E-state index contributed by atoms with van der Waals surface area (Å²) in [4.78, 5) is 10.6. The zero-order valence-electron chi connectivity index (χ0n) is 10.5. The molecule has 2 rings (SSSR count). The minimum atomic E-state index is -0.0603. The molecule has 2 fully saturated rings. The van der Waals surface area contributed by atoms with E-state index in [9.17, 15) is 4.79 Å². The Labute approximate surface area is 103 Å². The van der Waals surface area contributed by atoms with Crippen molar-refractivity contribution in [3.8, 4) is 0 Å². The van der Waals surface area contributed by atoms with Crippen LogP contribution in [-0.2, 0) is 19.0 Å². The van der Waals surface area contributed by atoms with Crippen LogP contribution < -0.4 is 0 Å². The summed E-state index contributed by atoms with van der Waals surface area (Å²) in [7, 11) is 0. The number of hydrogen-bond acceptors (Lipinski definition) is 4. The number of rotatable bonds is 6. The summed E-state index contributed by atoms with van der Waals surface area (Å²) in [6.07, 6.45) is 7.39. The summed E-state index contributed by atoms with van der Waals surface area (Å²) in [5.41, 5.74) is 0. The number of hydrogen-bond donors (Lipinski definition) is 0. The zero-order valence-corrected chi connectivity index (χ0v) is 10.5. The lowest BCUT2D eigenvalue weighted by atomic mass is 10.0. The molecule has 98 valence electrons. The highest BCUT2D eigenvalue weighted by atomic mass is 16.7. The maximum Gasteiger partial charge on any atom is 0.309 e. The first-order chi connectivity index (χ1) is 8.24. The maximum absolute atomic E-state index is 10.6. The van der Waals surface area contributed by atoms with Crippen LogP contribution in [0.25, 0.3) is 0 Å². The molecule has 2 aliphatic rings. The van der Waals surface area contributed by atoms with E-state index in [0.29, 0.717) is 6.42 Å². The molecule has 0 aromatic heterocycles. The Morgan fingerprint density at radius 3 is 2.94 bits per heavy atom. The number of esters is 1. The van der Waals surface area contributed by atoms with E-state index in [1.54, 1.807) is 0 Å². The van der Waals surface area contributed by atoms with Gasteiger partial charge in [0.15, 0.2) is 6.29 Å². The maximum atomic E-state index is 10.6. The first-order valence-corrected chi connectivity index (χ1v) is 6.70. The topological polar surface area (TPSA) is 44.8 Å². The van der Waals surface area contributed by atoms with Crippen LogP contribution >= 0.6 is 0 Å². The van der Waals surface area contributed by atoms with Crippen molar-refractivity contribution in [3.05, 3.63) is 0 Å². The van der Waals surface area contributed by atoms with Crippen LogP contribution in [0, 0.1) is 0 Å². The summed E-state index contributed by atoms with van der Waals surface area (Å²) in [6.45, 7) is 2.92. The molecule has 0 aromatic rings. The third-order valence-electron chi connectivity index (χ3n) is 3.35. The molecule has 4 nitrogen and oxygen atoms in total. The van der Waals surface area contributed by atoms with Gasteiger partial charge in [-0.2, -0.15) is 0 Å². The first-order valence-electron chi connectivity index (χ1n) is 6.70. The fourth-order valence-corrected chi connectivity index (χ4v) is 2.30. The highest BCUT2D eigenvalue weighted by Crippen LogP contribution is 2.21. The van der Waals surface area contributed by atoms with Gasteiger partial charge in [-0.3, -0.25) is 4.79 Å². The predicted molar refractivity (Wildman–Crippen MR) is 62.5 cm³/mol. The van der Waals surface area contributed by atoms with Crippen molar-refractivity contribution in [2.24, 2.45) is 0 Å². The molecule has 2 saturated heterocycles. The molecule has 0 N–H and O–H groups in total. The molecule has 0 radical (unpaired) electrons. The molecular formula is C13H22O4. The van der Waals surface area contributed by atoms with Crippen LogP contribution in [-0.4, -0.2) is 31.1 Å². The second-order valence-corrected chi connectivity index (χ2v) is 4.99. The molecule has 2 heterocycles. The molecule has 0 aliphatic carbocycles. The number of carbonyl (C=O) groups is 1. The van der Waals surface area contributed by atoms with E-state index in [0.717, 1.165) is 38.7 Å². The number of carbonyl (C=O) groups excluding carboxylic acids is 1. The molecule has 0 saturated carbocycles. The average Bonchev–Trinajstić information content (AvgIpc) is 2.28. The average molecular weight is 242 g/mol. The Kier molecular flexibility index (Phi) is 4.80. The standard InChI is InChI=1S/C13H22O4/c1-10(16-13-7-2-3-8-15-13)5-4-6-11-9-12(14)17-11/h10-11,13H,2-9H2,1H3. The van der Waals surface area contributed by atoms with Gasteiger partial charge in [0.1, 0.15) is 6.10 Å². The summed E-state index contributed by atoms with van der Waals surface area (Å²) in [5, 5.41) is 0. The minimum Gasteiger partial charge on any atom is -0.462 e. The second-order valence-electron chi connectivity index (χ2n) is 4.99. The van der Waals surface area contributed by atoms with Crippen molar-refractivity contribution in [3.63, 3.8) is 0 Å². The molecule has 0 amide bonds. The SMILES string of the molecule is CC(CCCC1CC(=O)O1)OC1CCCCO1. The van der Waals surface area contributed by atoms with Gasteiger partial charge in [0.05, 0.1) is 12.5 Å². The Morgan fingerprint density at radius 2 is 2.29 bits per heavy atom. The highest BCUT2D eigenvalue weighted by Gasteiger charge is 2.27. The second kappa shape index (κ2) is 6.36. The monoisotopic (exact) mass is 242 g/mol. The molecule has 4 heteroatoms. The quantitative estimate of drug-likeness (QED) is 0.671. The lowest BCUT2D eigenvalue weighted by molar-refractivity contribution is -0.186. The summed E-state index contributed by atoms with van der Waals surface area (Å²) in [5.74, 6) is -0.0603. The molecule has 0 aromatic carbocycles. The Bertz CT molecular complexity index is 240. The van der Waals surface area contributed by atoms with Gasteiger partial charge in [-0.1, -0.05) is 0 Å². The molecule has 3 atom stereocenters. The van der Waals surface area contributed by atoms with E-state index in [4.69, 9.17) is 14.2 Å². The Balaban J connectivity index is 1.51. The lowest BCUT2D eigenvalue weighted by Crippen LogP contribution is -2.32. The van der Waals surface area contributed by atoms with Gasteiger partial charge in [0, 0.05) is 6.61 Å². The van der Waals surface area contributed by atoms with Gasteiger partial charge in [0.2, 0.25) is 0 Å². The fourth-order valence-electron chi connectivity index (χ4n) is 2.30. The van der Waals surface area contributed by atoms with Crippen molar-refractivity contribution < 1.29 is 19.0 Å². The Hall–Kier alpha value is -0.610. The van der Waals surface area contributed by atoms with E-state index < -0.39 is 0 Å². The molecule has 3 unspecified atom stereocenters. The van der Waals surface area contributed by atoms with Crippen LogP contribution in [0.15, 0.2) is 0 Å². The normalized spacial score (nSPS) is 30.5. The minimum absolute atomic E-state index is 0.000260. The fraction of sp³-hybridized carbons (Fsp3) is 0.923. The zero-order chi connectivity index (χ0) is 12.1. The van der Waals surface area contributed by atoms with E-state index in [1.807, 2.05) is 0 Å². The van der Waals surface area contributed by atoms with Crippen molar-refractivity contribution in [1.29, 1.82) is 0 Å². The van der Waals surface area contributed by atoms with Crippen LogP contribution in [0.5, 0.6) is 0 Å². The van der Waals surface area contributed by atoms with Gasteiger partial charge in [-0.05, 0) is 45.4 Å². The molecule has 17 heavy (non-hydrogen) atoms. The largest absolute Gasteiger partial charge is 0.462 e. The summed E-state index contributed by atoms with van der Waals surface area (Å²) in [6, 6.07) is 0. The van der Waals surface area contributed by atoms with Crippen LogP contribution in [0.2, 0.25) is 0 Å². The van der Waals surface area contributed by atoms with Crippen LogP contribution in [0.3, 0.4) is 0 Å². The summed E-state index contributed by atoms with van der Waals surface area (Å²) < 4.78 is 16.3. The third-order valence-corrected chi connectivity index (χ3v) is 3.35. The van der Waals surface area contributed by atoms with E-state index >= 15 is 0 Å². The molecule has 0 spiro atoms. The number of cyclic esters (lactones) is 1. The predicted octanol–water partition coefficient (Wildman–Crippen LogP) is 2.40. The van der Waals surface area contributed by atoms with Gasteiger partial charge < -0.3 is 14.2 Å². The lowest BCUT2D eigenvalue weighted by Gasteiger charge is -2.27. The first kappa shape index (κ1) is 12.8. The van der Waals surface area contributed by atoms with Crippen LogP contribution in [0.1, 0.15) is 51.9 Å². The van der Waals surface area contributed by atoms with Gasteiger partial charge >= 0.3 is 5.97 Å². The van der Waals surface area contributed by atoms with Crippen molar-refractivity contribution in [1.82, 2.24) is 0 Å². The third kappa shape index (κ3) is 4.28. The number of ether oxygens (including phenoxy) is 3. The summed E-state index contributed by atoms with van der Waals surface area (Å²) >= 11 is 0. The molecular weight excluding hydrogens is 220 g/mol. The smallest absolute Gasteiger partial charge is 0.309 e. The molecule has 0 bridgehead atoms. The molecule has 2 aliphatic heterocycles. The Morgan fingerprint density at radius 1 is 1.47 bits per heavy atom. The van der Waals surface area contributed by atoms with Gasteiger partial charge in [-0.25, -0.2) is 0 Å². The highest BCUT2D eigenvalue weighted by molar-refractivity contribution is 5.75. The van der Waals surface area contributed by atoms with Gasteiger partial charge in [-0.15, -0.1) is 0 Å². The van der Waals surface area contributed by atoms with Crippen molar-refractivity contribution >= 4 is 5.97 Å². The van der Waals surface area contributed by atoms with Crippen molar-refractivity contribution in [2.45, 2.75) is 70.4 Å². The van der Waals surface area contributed by atoms with Crippen LogP contribution in [0.4, 0.5) is 0 Å². The van der Waals surface area contributed by atoms with E-state index in [1.165, 1.54) is 6.42 Å². The van der Waals surface area contributed by atoms with E-state index in [2.05, 4.69) is 6.92 Å². The van der Waals surface area contributed by atoms with Gasteiger partial charge in [0.25, 0.3) is 0 Å². The van der Waals surface area contributed by atoms with E-state index in [-0.39, 0.29) is 24.5 Å². The van der Waals surface area contributed by atoms with Crippen molar-refractivity contribution in [2.75, 3.05) is 6.61 Å².